The van der Waals surface area contributed by atoms with Gasteiger partial charge in [0.05, 0.1) is 13.5 Å². The van der Waals surface area contributed by atoms with Crippen LogP contribution in [0.2, 0.25) is 0 Å². The summed E-state index contributed by atoms with van der Waals surface area (Å²) in [6.07, 6.45) is 0.274. The van der Waals surface area contributed by atoms with Crippen molar-refractivity contribution in [2.75, 3.05) is 12.9 Å². The van der Waals surface area contributed by atoms with Crippen LogP contribution in [-0.4, -0.2) is 24.9 Å². The third-order valence-corrected chi connectivity index (χ3v) is 3.06. The van der Waals surface area contributed by atoms with Crippen LogP contribution in [0.15, 0.2) is 35.2 Å². The third kappa shape index (κ3) is 4.85. The number of methoxy groups -OCH3 is 1. The normalized spacial score (nSPS) is 12.1. The number of carbonyl (C=O) groups is 1. The number of benzene rings is 1. The molecule has 15 heavy (non-hydrogen) atoms. The summed E-state index contributed by atoms with van der Waals surface area (Å²) in [5, 5.41) is 0. The van der Waals surface area contributed by atoms with Crippen molar-refractivity contribution in [1.29, 1.82) is 0 Å². The van der Waals surface area contributed by atoms with Crippen LogP contribution in [0.3, 0.4) is 0 Å². The topological polar surface area (TPSA) is 52.3 Å². The molecule has 1 rings (SSSR count). The summed E-state index contributed by atoms with van der Waals surface area (Å²) in [5.74, 6) is 0.468. The number of ether oxygens (including phenoxy) is 1. The molecular formula is C11H15NO2S. The van der Waals surface area contributed by atoms with Gasteiger partial charge in [0.2, 0.25) is 0 Å². The summed E-state index contributed by atoms with van der Waals surface area (Å²) >= 11 is 1.65. The van der Waals surface area contributed by atoms with Crippen LogP contribution in [-0.2, 0) is 9.53 Å². The van der Waals surface area contributed by atoms with Gasteiger partial charge in [-0.05, 0) is 12.1 Å². The summed E-state index contributed by atoms with van der Waals surface area (Å²) in [6.45, 7) is 0. The molecule has 0 spiro atoms. The molecule has 0 aliphatic rings. The highest BCUT2D eigenvalue weighted by Crippen LogP contribution is 2.18. The van der Waals surface area contributed by atoms with Crippen molar-refractivity contribution in [1.82, 2.24) is 0 Å². The Morgan fingerprint density at radius 2 is 2.13 bits per heavy atom. The second-order valence-corrected chi connectivity index (χ2v) is 4.26. The highest BCUT2D eigenvalue weighted by Gasteiger charge is 2.09. The first kappa shape index (κ1) is 12.1. The molecule has 0 bridgehead atoms. The predicted molar refractivity (Wildman–Crippen MR) is 61.8 cm³/mol. The molecule has 0 radical (unpaired) electrons. The summed E-state index contributed by atoms with van der Waals surface area (Å²) in [4.78, 5) is 12.1. The zero-order valence-corrected chi connectivity index (χ0v) is 9.50. The lowest BCUT2D eigenvalue weighted by atomic mass is 10.2. The van der Waals surface area contributed by atoms with Gasteiger partial charge in [-0.25, -0.2) is 0 Å². The first-order valence-corrected chi connectivity index (χ1v) is 5.71. The van der Waals surface area contributed by atoms with Crippen LogP contribution in [0.4, 0.5) is 0 Å². The molecule has 1 aromatic carbocycles. The van der Waals surface area contributed by atoms with Gasteiger partial charge in [0.15, 0.2) is 0 Å². The highest BCUT2D eigenvalue weighted by atomic mass is 32.2. The van der Waals surface area contributed by atoms with E-state index in [0.29, 0.717) is 0 Å². The van der Waals surface area contributed by atoms with Crippen molar-refractivity contribution in [2.24, 2.45) is 5.73 Å². The van der Waals surface area contributed by atoms with E-state index in [2.05, 4.69) is 4.74 Å². The van der Waals surface area contributed by atoms with Gasteiger partial charge in [0.1, 0.15) is 0 Å². The number of esters is 1. The van der Waals surface area contributed by atoms with Gasteiger partial charge < -0.3 is 10.5 Å². The molecule has 0 fully saturated rings. The summed E-state index contributed by atoms with van der Waals surface area (Å²) in [5.41, 5.74) is 5.78. The van der Waals surface area contributed by atoms with E-state index in [1.54, 1.807) is 11.8 Å². The SMILES string of the molecule is COC(=O)C[C@@H](N)CSc1ccccc1. The average molecular weight is 225 g/mol. The van der Waals surface area contributed by atoms with Crippen LogP contribution >= 0.6 is 11.8 Å². The van der Waals surface area contributed by atoms with Crippen molar-refractivity contribution in [2.45, 2.75) is 17.4 Å². The highest BCUT2D eigenvalue weighted by molar-refractivity contribution is 7.99. The quantitative estimate of drug-likeness (QED) is 0.612. The Balaban J connectivity index is 2.28. The molecule has 1 atom stereocenters. The van der Waals surface area contributed by atoms with Gasteiger partial charge in [-0.2, -0.15) is 0 Å². The molecule has 0 unspecified atom stereocenters. The smallest absolute Gasteiger partial charge is 0.307 e. The second-order valence-electron chi connectivity index (χ2n) is 3.16. The van der Waals surface area contributed by atoms with Gasteiger partial charge >= 0.3 is 5.97 Å². The first-order valence-electron chi connectivity index (χ1n) is 4.72. The number of hydrogen-bond acceptors (Lipinski definition) is 4. The Bertz CT molecular complexity index is 303. The van der Waals surface area contributed by atoms with Gasteiger partial charge in [0.25, 0.3) is 0 Å². The standard InChI is InChI=1S/C11H15NO2S/c1-14-11(13)7-9(12)8-15-10-5-3-2-4-6-10/h2-6,9H,7-8,12H2,1H3/t9-/m1/s1. The van der Waals surface area contributed by atoms with Crippen molar-refractivity contribution < 1.29 is 9.53 Å². The van der Waals surface area contributed by atoms with Crippen molar-refractivity contribution in [3.8, 4) is 0 Å². The Kier molecular flexibility index (Phi) is 5.21. The summed E-state index contributed by atoms with van der Waals surface area (Å²) in [7, 11) is 1.37. The lowest BCUT2D eigenvalue weighted by Crippen LogP contribution is -2.26. The maximum atomic E-state index is 10.9. The van der Waals surface area contributed by atoms with E-state index in [4.69, 9.17) is 5.73 Å². The van der Waals surface area contributed by atoms with Gasteiger partial charge in [0, 0.05) is 16.7 Å². The van der Waals surface area contributed by atoms with Gasteiger partial charge in [-0.1, -0.05) is 18.2 Å². The molecule has 0 heterocycles. The van der Waals surface area contributed by atoms with Crippen LogP contribution in [0.25, 0.3) is 0 Å². The third-order valence-electron chi connectivity index (χ3n) is 1.86. The molecule has 0 aromatic heterocycles. The Hall–Kier alpha value is -1.00. The minimum absolute atomic E-state index is 0.150. The fourth-order valence-electron chi connectivity index (χ4n) is 1.08. The van der Waals surface area contributed by atoms with Crippen molar-refractivity contribution in [3.05, 3.63) is 30.3 Å². The molecule has 1 aromatic rings. The minimum atomic E-state index is -0.254. The number of nitrogens with two attached hydrogens (primary N) is 1. The van der Waals surface area contributed by atoms with Crippen LogP contribution in [0, 0.1) is 0 Å². The fraction of sp³-hybridized carbons (Fsp3) is 0.364. The Labute approximate surface area is 94.0 Å². The van der Waals surface area contributed by atoms with Crippen LogP contribution in [0.5, 0.6) is 0 Å². The van der Waals surface area contributed by atoms with E-state index in [9.17, 15) is 4.79 Å². The maximum absolute atomic E-state index is 10.9. The summed E-state index contributed by atoms with van der Waals surface area (Å²) < 4.78 is 4.54. The summed E-state index contributed by atoms with van der Waals surface area (Å²) in [6, 6.07) is 9.83. The molecule has 0 saturated carbocycles. The molecular weight excluding hydrogens is 210 g/mol. The largest absolute Gasteiger partial charge is 0.469 e. The second kappa shape index (κ2) is 6.48. The number of carbonyl (C=O) groups excluding carboxylic acids is 1. The van der Waals surface area contributed by atoms with Gasteiger partial charge in [-0.3, -0.25) is 4.79 Å². The molecule has 0 amide bonds. The van der Waals surface area contributed by atoms with Crippen LogP contribution in [0.1, 0.15) is 6.42 Å². The van der Waals surface area contributed by atoms with E-state index < -0.39 is 0 Å². The van der Waals surface area contributed by atoms with Crippen molar-refractivity contribution >= 4 is 17.7 Å². The van der Waals surface area contributed by atoms with E-state index in [-0.39, 0.29) is 18.4 Å². The minimum Gasteiger partial charge on any atom is -0.469 e. The predicted octanol–water partition coefficient (Wildman–Crippen LogP) is 1.67. The average Bonchev–Trinajstić information content (AvgIpc) is 2.27. The zero-order valence-electron chi connectivity index (χ0n) is 8.68. The molecule has 2 N–H and O–H groups in total. The monoisotopic (exact) mass is 225 g/mol. The van der Waals surface area contributed by atoms with E-state index >= 15 is 0 Å². The zero-order chi connectivity index (χ0) is 11.1. The van der Waals surface area contributed by atoms with E-state index in [0.717, 1.165) is 10.6 Å². The molecule has 82 valence electrons. The molecule has 4 heteroatoms. The molecule has 0 aliphatic heterocycles. The molecule has 0 saturated heterocycles. The van der Waals surface area contributed by atoms with Gasteiger partial charge in [-0.15, -0.1) is 11.8 Å². The lowest BCUT2D eigenvalue weighted by Gasteiger charge is -2.09. The van der Waals surface area contributed by atoms with E-state index in [1.807, 2.05) is 30.3 Å². The molecule has 0 aliphatic carbocycles. The lowest BCUT2D eigenvalue weighted by molar-refractivity contribution is -0.140. The number of hydrogen-bond donors (Lipinski definition) is 1. The molecule has 3 nitrogen and oxygen atoms in total. The first-order chi connectivity index (χ1) is 7.22. The number of thioether (sulfide) groups is 1. The van der Waals surface area contributed by atoms with Crippen molar-refractivity contribution in [3.63, 3.8) is 0 Å². The number of rotatable bonds is 5. The Morgan fingerprint density at radius 1 is 1.47 bits per heavy atom. The maximum Gasteiger partial charge on any atom is 0.307 e. The van der Waals surface area contributed by atoms with E-state index in [1.165, 1.54) is 7.11 Å². The Morgan fingerprint density at radius 3 is 2.73 bits per heavy atom. The fourth-order valence-corrected chi connectivity index (χ4v) is 1.95. The van der Waals surface area contributed by atoms with Crippen LogP contribution < -0.4 is 5.73 Å².